The molecule has 0 aromatic heterocycles. The molecule has 2 N–H and O–H groups in total. The van der Waals surface area contributed by atoms with Gasteiger partial charge >= 0.3 is 0 Å². The molecule has 0 atom stereocenters. The van der Waals surface area contributed by atoms with Crippen LogP contribution in [0.1, 0.15) is 20.3 Å². The van der Waals surface area contributed by atoms with Crippen molar-refractivity contribution in [3.63, 3.8) is 0 Å². The van der Waals surface area contributed by atoms with Gasteiger partial charge in [0.1, 0.15) is 5.69 Å². The van der Waals surface area contributed by atoms with Crippen molar-refractivity contribution in [2.24, 2.45) is 0 Å². The number of rotatable bonds is 6. The number of hydrogen-bond acceptors (Lipinski definition) is 4. The van der Waals surface area contributed by atoms with Gasteiger partial charge in [-0.25, -0.2) is 0 Å². The van der Waals surface area contributed by atoms with E-state index in [1.54, 1.807) is 6.07 Å². The van der Waals surface area contributed by atoms with Crippen molar-refractivity contribution >= 4 is 28.9 Å². The molecule has 104 valence electrons. The molecule has 0 aliphatic carbocycles. The van der Waals surface area contributed by atoms with Gasteiger partial charge in [-0.3, -0.25) is 14.9 Å². The normalized spacial score (nSPS) is 10.3. The average Bonchev–Trinajstić information content (AvgIpc) is 2.29. The zero-order valence-electron chi connectivity index (χ0n) is 10.8. The quantitative estimate of drug-likeness (QED) is 0.621. The predicted octanol–water partition coefficient (Wildman–Crippen LogP) is 2.57. The fourth-order valence-electron chi connectivity index (χ4n) is 1.51. The van der Waals surface area contributed by atoms with Gasteiger partial charge in [-0.2, -0.15) is 0 Å². The highest BCUT2D eigenvalue weighted by Crippen LogP contribution is 2.27. The number of carbonyl (C=O) groups excluding carboxylic acids is 1. The molecule has 1 amide bonds. The second kappa shape index (κ2) is 6.94. The Bertz CT molecular complexity index is 477. The van der Waals surface area contributed by atoms with Crippen LogP contribution in [0.5, 0.6) is 0 Å². The number of nitrogens with one attached hydrogen (secondary N) is 2. The third-order valence-corrected chi connectivity index (χ3v) is 2.51. The molecule has 1 rings (SSSR count). The SMILES string of the molecule is CC(C)NC(=O)CCNc1ccc(Cl)cc1[N+](=O)[O-]. The molecular formula is C12H16ClN3O3. The van der Waals surface area contributed by atoms with E-state index in [0.717, 1.165) is 0 Å². The van der Waals surface area contributed by atoms with Gasteiger partial charge in [0, 0.05) is 30.1 Å². The Hall–Kier alpha value is -1.82. The van der Waals surface area contributed by atoms with Gasteiger partial charge in [-0.15, -0.1) is 0 Å². The highest BCUT2D eigenvalue weighted by Gasteiger charge is 2.14. The van der Waals surface area contributed by atoms with Gasteiger partial charge in [-0.05, 0) is 26.0 Å². The van der Waals surface area contributed by atoms with Crippen LogP contribution < -0.4 is 10.6 Å². The van der Waals surface area contributed by atoms with Crippen molar-refractivity contribution in [1.29, 1.82) is 0 Å². The summed E-state index contributed by atoms with van der Waals surface area (Å²) in [5.41, 5.74) is 0.253. The first-order valence-electron chi connectivity index (χ1n) is 5.87. The lowest BCUT2D eigenvalue weighted by atomic mass is 10.2. The van der Waals surface area contributed by atoms with E-state index in [1.807, 2.05) is 13.8 Å². The Balaban J connectivity index is 2.58. The number of carbonyl (C=O) groups is 1. The maximum absolute atomic E-state index is 11.4. The highest BCUT2D eigenvalue weighted by molar-refractivity contribution is 6.30. The smallest absolute Gasteiger partial charge is 0.293 e. The largest absolute Gasteiger partial charge is 0.379 e. The molecule has 0 aliphatic heterocycles. The Morgan fingerprint density at radius 3 is 2.74 bits per heavy atom. The first kappa shape index (κ1) is 15.2. The first-order valence-corrected chi connectivity index (χ1v) is 6.25. The van der Waals surface area contributed by atoms with E-state index in [2.05, 4.69) is 10.6 Å². The van der Waals surface area contributed by atoms with E-state index in [0.29, 0.717) is 17.3 Å². The van der Waals surface area contributed by atoms with Crippen molar-refractivity contribution in [2.75, 3.05) is 11.9 Å². The summed E-state index contributed by atoms with van der Waals surface area (Å²) < 4.78 is 0. The molecule has 0 unspecified atom stereocenters. The number of nitro groups is 1. The number of hydrogen-bond donors (Lipinski definition) is 2. The third-order valence-electron chi connectivity index (χ3n) is 2.27. The number of halogens is 1. The Morgan fingerprint density at radius 1 is 1.47 bits per heavy atom. The van der Waals surface area contributed by atoms with Crippen LogP contribution in [0.3, 0.4) is 0 Å². The predicted molar refractivity (Wildman–Crippen MR) is 74.5 cm³/mol. The average molecular weight is 286 g/mol. The second-order valence-corrected chi connectivity index (χ2v) is 4.75. The molecule has 0 aliphatic rings. The number of amides is 1. The summed E-state index contributed by atoms with van der Waals surface area (Å²) in [6.45, 7) is 4.06. The van der Waals surface area contributed by atoms with Crippen LogP contribution in [0.4, 0.5) is 11.4 Å². The summed E-state index contributed by atoms with van der Waals surface area (Å²) in [6.07, 6.45) is 0.248. The van der Waals surface area contributed by atoms with Crippen LogP contribution in [-0.2, 0) is 4.79 Å². The molecule has 0 spiro atoms. The monoisotopic (exact) mass is 285 g/mol. The van der Waals surface area contributed by atoms with Gasteiger partial charge in [0.2, 0.25) is 5.91 Å². The molecule has 0 radical (unpaired) electrons. The van der Waals surface area contributed by atoms with Crippen LogP contribution >= 0.6 is 11.6 Å². The lowest BCUT2D eigenvalue weighted by Gasteiger charge is -2.09. The minimum atomic E-state index is -0.512. The Morgan fingerprint density at radius 2 is 2.16 bits per heavy atom. The number of benzene rings is 1. The number of anilines is 1. The Labute approximate surface area is 116 Å². The van der Waals surface area contributed by atoms with Crippen LogP contribution in [-0.4, -0.2) is 23.4 Å². The highest BCUT2D eigenvalue weighted by atomic mass is 35.5. The van der Waals surface area contributed by atoms with E-state index in [1.165, 1.54) is 12.1 Å². The second-order valence-electron chi connectivity index (χ2n) is 4.32. The summed E-state index contributed by atoms with van der Waals surface area (Å²) in [7, 11) is 0. The number of nitro benzene ring substituents is 1. The molecule has 0 saturated heterocycles. The maximum atomic E-state index is 11.4. The topological polar surface area (TPSA) is 84.3 Å². The van der Waals surface area contributed by atoms with Crippen molar-refractivity contribution in [1.82, 2.24) is 5.32 Å². The lowest BCUT2D eigenvalue weighted by Crippen LogP contribution is -2.31. The molecule has 7 heteroatoms. The van der Waals surface area contributed by atoms with E-state index in [9.17, 15) is 14.9 Å². The van der Waals surface area contributed by atoms with Crippen molar-refractivity contribution in [3.05, 3.63) is 33.3 Å². The van der Waals surface area contributed by atoms with Gasteiger partial charge in [0.05, 0.1) is 4.92 Å². The summed E-state index contributed by atoms with van der Waals surface area (Å²) >= 11 is 5.71. The molecule has 19 heavy (non-hydrogen) atoms. The summed E-state index contributed by atoms with van der Waals surface area (Å²) in [4.78, 5) is 21.7. The zero-order chi connectivity index (χ0) is 14.4. The van der Waals surface area contributed by atoms with Gasteiger partial charge in [0.25, 0.3) is 5.69 Å². The van der Waals surface area contributed by atoms with Gasteiger partial charge < -0.3 is 10.6 Å². The zero-order valence-corrected chi connectivity index (χ0v) is 11.5. The standard InChI is InChI=1S/C12H16ClN3O3/c1-8(2)15-12(17)5-6-14-10-4-3-9(13)7-11(10)16(18)19/h3-4,7-8,14H,5-6H2,1-2H3,(H,15,17). The van der Waals surface area contributed by atoms with Gasteiger partial charge in [-0.1, -0.05) is 11.6 Å². The summed E-state index contributed by atoms with van der Waals surface area (Å²) in [6, 6.07) is 4.45. The van der Waals surface area contributed by atoms with Crippen LogP contribution in [0, 0.1) is 10.1 Å². The molecular weight excluding hydrogens is 270 g/mol. The van der Waals surface area contributed by atoms with E-state index in [-0.39, 0.29) is 24.1 Å². The minimum Gasteiger partial charge on any atom is -0.379 e. The van der Waals surface area contributed by atoms with E-state index < -0.39 is 4.92 Å². The molecule has 6 nitrogen and oxygen atoms in total. The van der Waals surface area contributed by atoms with Crippen molar-refractivity contribution in [2.45, 2.75) is 26.3 Å². The van der Waals surface area contributed by atoms with Crippen molar-refractivity contribution < 1.29 is 9.72 Å². The van der Waals surface area contributed by atoms with Crippen LogP contribution in [0.2, 0.25) is 5.02 Å². The molecule has 0 heterocycles. The van der Waals surface area contributed by atoms with E-state index in [4.69, 9.17) is 11.6 Å². The minimum absolute atomic E-state index is 0.0809. The molecule has 1 aromatic rings. The first-order chi connectivity index (χ1) is 8.90. The van der Waals surface area contributed by atoms with Crippen LogP contribution in [0.15, 0.2) is 18.2 Å². The maximum Gasteiger partial charge on any atom is 0.293 e. The Kier molecular flexibility index (Phi) is 5.57. The molecule has 0 fully saturated rings. The fourth-order valence-corrected chi connectivity index (χ4v) is 1.68. The molecule has 0 saturated carbocycles. The molecule has 0 bridgehead atoms. The van der Waals surface area contributed by atoms with Crippen LogP contribution in [0.25, 0.3) is 0 Å². The fraction of sp³-hybridized carbons (Fsp3) is 0.417. The molecule has 1 aromatic carbocycles. The van der Waals surface area contributed by atoms with E-state index >= 15 is 0 Å². The summed E-state index contributed by atoms with van der Waals surface area (Å²) in [5.74, 6) is -0.0980. The summed E-state index contributed by atoms with van der Waals surface area (Å²) in [5, 5.41) is 16.8. The number of nitrogens with zero attached hydrogens (tertiary/aromatic N) is 1. The lowest BCUT2D eigenvalue weighted by molar-refractivity contribution is -0.383. The third kappa shape index (κ3) is 5.13. The van der Waals surface area contributed by atoms with Crippen molar-refractivity contribution in [3.8, 4) is 0 Å². The van der Waals surface area contributed by atoms with Gasteiger partial charge in [0.15, 0.2) is 0 Å².